The zero-order chi connectivity index (χ0) is 25.3. The third-order valence-electron chi connectivity index (χ3n) is 6.34. The lowest BCUT2D eigenvalue weighted by Crippen LogP contribution is -2.27. The minimum absolute atomic E-state index is 0.0395. The molecule has 2 aromatic carbocycles. The molecule has 6 nitrogen and oxygen atoms in total. The van der Waals surface area contributed by atoms with Gasteiger partial charge < -0.3 is 13.3 Å². The van der Waals surface area contributed by atoms with E-state index in [0.29, 0.717) is 11.3 Å². The molecule has 0 N–H and O–H groups in total. The molecule has 0 saturated heterocycles. The van der Waals surface area contributed by atoms with Crippen molar-refractivity contribution >= 4 is 26.9 Å². The Morgan fingerprint density at radius 2 is 1.68 bits per heavy atom. The number of benzene rings is 2. The van der Waals surface area contributed by atoms with Crippen LogP contribution in [0.5, 0.6) is 11.5 Å². The van der Waals surface area contributed by atoms with E-state index >= 15 is 0 Å². The Morgan fingerprint density at radius 3 is 2.24 bits per heavy atom. The Bertz CT molecular complexity index is 1290. The molecule has 184 valence electrons. The minimum atomic E-state index is -3.61. The molecule has 0 fully saturated rings. The summed E-state index contributed by atoms with van der Waals surface area (Å²) in [5.74, 6) is 1.80. The molecule has 0 aliphatic carbocycles. The minimum Gasteiger partial charge on any atom is -0.486 e. The van der Waals surface area contributed by atoms with E-state index in [2.05, 4.69) is 19.9 Å². The number of carbonyl (C=O) groups is 1. The largest absolute Gasteiger partial charge is 0.486 e. The fraction of sp³-hybridized carbons (Fsp3) is 0.444. The summed E-state index contributed by atoms with van der Waals surface area (Å²) in [5.41, 5.74) is 1.89. The van der Waals surface area contributed by atoms with Gasteiger partial charge in [-0.2, -0.15) is 8.42 Å². The van der Waals surface area contributed by atoms with E-state index in [-0.39, 0.29) is 23.6 Å². The molecule has 0 spiro atoms. The van der Waals surface area contributed by atoms with Gasteiger partial charge in [-0.15, -0.1) is 0 Å². The number of Topliss-reactive ketones (excluding diaryl/α,β-unsaturated/α-hetero) is 1. The van der Waals surface area contributed by atoms with Crippen molar-refractivity contribution in [2.45, 2.75) is 59.8 Å². The van der Waals surface area contributed by atoms with Crippen molar-refractivity contribution < 1.29 is 26.5 Å². The van der Waals surface area contributed by atoms with E-state index in [1.807, 2.05) is 45.9 Å². The molecule has 0 saturated carbocycles. The molecule has 0 bridgehead atoms. The maximum atomic E-state index is 12.3. The number of aryl methyl sites for hydroxylation is 1. The predicted molar refractivity (Wildman–Crippen MR) is 134 cm³/mol. The standard InChI is InChI=1S/C27H34O6S/c1-8-27(9-2,20-10-12-22(18(3)14-20)31-17-24(28)26(4,5)6)25-16-19-15-21(33-34(7,29)30)11-13-23(19)32-25/h10-16H,8-9,17H2,1-7H3. The first-order chi connectivity index (χ1) is 15.8. The fourth-order valence-electron chi connectivity index (χ4n) is 4.10. The topological polar surface area (TPSA) is 82.8 Å². The van der Waals surface area contributed by atoms with Crippen LogP contribution >= 0.6 is 0 Å². The van der Waals surface area contributed by atoms with Crippen LogP contribution in [-0.4, -0.2) is 27.1 Å². The molecule has 0 amide bonds. The van der Waals surface area contributed by atoms with Gasteiger partial charge >= 0.3 is 10.1 Å². The number of rotatable bonds is 9. The third-order valence-corrected chi connectivity index (χ3v) is 6.83. The van der Waals surface area contributed by atoms with Crippen molar-refractivity contribution in [1.82, 2.24) is 0 Å². The van der Waals surface area contributed by atoms with Gasteiger partial charge in [-0.25, -0.2) is 0 Å². The molecular weight excluding hydrogens is 452 g/mol. The molecule has 0 aliphatic heterocycles. The maximum absolute atomic E-state index is 12.3. The van der Waals surface area contributed by atoms with Crippen molar-refractivity contribution in [3.05, 3.63) is 59.4 Å². The number of hydrogen-bond donors (Lipinski definition) is 0. The van der Waals surface area contributed by atoms with Crippen LogP contribution in [0.2, 0.25) is 0 Å². The monoisotopic (exact) mass is 486 g/mol. The molecule has 0 radical (unpaired) electrons. The lowest BCUT2D eigenvalue weighted by Gasteiger charge is -2.31. The summed E-state index contributed by atoms with van der Waals surface area (Å²) >= 11 is 0. The Balaban J connectivity index is 1.96. The van der Waals surface area contributed by atoms with Crippen molar-refractivity contribution in [2.75, 3.05) is 12.9 Å². The second-order valence-electron chi connectivity index (χ2n) is 9.83. The first-order valence-electron chi connectivity index (χ1n) is 11.5. The van der Waals surface area contributed by atoms with Gasteiger partial charge in [-0.1, -0.05) is 46.8 Å². The van der Waals surface area contributed by atoms with Crippen LogP contribution < -0.4 is 8.92 Å². The fourth-order valence-corrected chi connectivity index (χ4v) is 4.55. The van der Waals surface area contributed by atoms with E-state index < -0.39 is 15.5 Å². The van der Waals surface area contributed by atoms with Gasteiger partial charge in [0.05, 0.1) is 11.7 Å². The summed E-state index contributed by atoms with van der Waals surface area (Å²) in [5, 5.41) is 0.778. The van der Waals surface area contributed by atoms with Gasteiger partial charge in [0.1, 0.15) is 29.4 Å². The molecule has 0 aliphatic rings. The van der Waals surface area contributed by atoms with Gasteiger partial charge in [0.15, 0.2) is 5.78 Å². The smallest absolute Gasteiger partial charge is 0.306 e. The quantitative estimate of drug-likeness (QED) is 0.336. The highest BCUT2D eigenvalue weighted by atomic mass is 32.2. The van der Waals surface area contributed by atoms with Gasteiger partial charge in [0, 0.05) is 10.8 Å². The zero-order valence-corrected chi connectivity index (χ0v) is 21.8. The number of hydrogen-bond acceptors (Lipinski definition) is 6. The van der Waals surface area contributed by atoms with E-state index in [0.717, 1.165) is 41.4 Å². The van der Waals surface area contributed by atoms with Crippen molar-refractivity contribution in [3.63, 3.8) is 0 Å². The number of carbonyl (C=O) groups excluding carboxylic acids is 1. The van der Waals surface area contributed by atoms with E-state index in [4.69, 9.17) is 13.3 Å². The van der Waals surface area contributed by atoms with Crippen LogP contribution in [0, 0.1) is 12.3 Å². The molecule has 3 rings (SSSR count). The average molecular weight is 487 g/mol. The Hall–Kier alpha value is -2.80. The van der Waals surface area contributed by atoms with Crippen LogP contribution in [0.15, 0.2) is 46.9 Å². The third kappa shape index (κ3) is 5.46. The van der Waals surface area contributed by atoms with E-state index in [1.165, 1.54) is 0 Å². The van der Waals surface area contributed by atoms with Crippen LogP contribution in [0.4, 0.5) is 0 Å². The van der Waals surface area contributed by atoms with Crippen LogP contribution in [-0.2, 0) is 20.3 Å². The summed E-state index contributed by atoms with van der Waals surface area (Å²) in [6.45, 7) is 11.9. The Morgan fingerprint density at radius 1 is 1.00 bits per heavy atom. The van der Waals surface area contributed by atoms with E-state index in [1.54, 1.807) is 18.2 Å². The summed E-state index contributed by atoms with van der Waals surface area (Å²) in [7, 11) is -3.61. The first kappa shape index (κ1) is 25.8. The summed E-state index contributed by atoms with van der Waals surface area (Å²) in [6.07, 6.45) is 2.63. The van der Waals surface area contributed by atoms with Crippen LogP contribution in [0.3, 0.4) is 0 Å². The van der Waals surface area contributed by atoms with Crippen molar-refractivity contribution in [3.8, 4) is 11.5 Å². The zero-order valence-electron chi connectivity index (χ0n) is 21.0. The molecule has 1 aromatic heterocycles. The molecule has 7 heteroatoms. The van der Waals surface area contributed by atoms with Crippen molar-refractivity contribution in [2.24, 2.45) is 5.41 Å². The molecule has 0 atom stereocenters. The van der Waals surface area contributed by atoms with Gasteiger partial charge in [0.2, 0.25) is 0 Å². The predicted octanol–water partition coefficient (Wildman–Crippen LogP) is 6.18. The number of ketones is 1. The Kier molecular flexibility index (Phi) is 7.18. The first-order valence-corrected chi connectivity index (χ1v) is 13.3. The molecular formula is C27H34O6S. The molecule has 34 heavy (non-hydrogen) atoms. The summed E-state index contributed by atoms with van der Waals surface area (Å²) in [6, 6.07) is 13.0. The highest BCUT2D eigenvalue weighted by Gasteiger charge is 2.35. The second-order valence-corrected chi connectivity index (χ2v) is 11.4. The SMILES string of the molecule is CCC(CC)(c1ccc(OCC(=O)C(C)(C)C)c(C)c1)c1cc2cc(OS(C)(=O)=O)ccc2o1. The average Bonchev–Trinajstić information content (AvgIpc) is 3.16. The van der Waals surface area contributed by atoms with Gasteiger partial charge in [0.25, 0.3) is 0 Å². The lowest BCUT2D eigenvalue weighted by atomic mass is 9.73. The van der Waals surface area contributed by atoms with Gasteiger partial charge in [-0.05, 0) is 61.2 Å². The normalized spacial score (nSPS) is 12.7. The Labute approximate surface area is 202 Å². The number of fused-ring (bicyclic) bond motifs is 1. The number of ether oxygens (including phenoxy) is 1. The second kappa shape index (κ2) is 9.45. The molecule has 1 heterocycles. The van der Waals surface area contributed by atoms with E-state index in [9.17, 15) is 13.2 Å². The lowest BCUT2D eigenvalue weighted by molar-refractivity contribution is -0.128. The highest BCUT2D eigenvalue weighted by Crippen LogP contribution is 2.43. The summed E-state index contributed by atoms with van der Waals surface area (Å²) in [4.78, 5) is 12.3. The molecule has 0 unspecified atom stereocenters. The molecule has 3 aromatic rings. The highest BCUT2D eigenvalue weighted by molar-refractivity contribution is 7.86. The van der Waals surface area contributed by atoms with Crippen LogP contribution in [0.25, 0.3) is 11.0 Å². The summed E-state index contributed by atoms with van der Waals surface area (Å²) < 4.78 is 40.1. The van der Waals surface area contributed by atoms with Crippen molar-refractivity contribution in [1.29, 1.82) is 0 Å². The number of furan rings is 1. The van der Waals surface area contributed by atoms with Crippen LogP contribution in [0.1, 0.15) is 64.3 Å². The van der Waals surface area contributed by atoms with Gasteiger partial charge in [-0.3, -0.25) is 4.79 Å². The maximum Gasteiger partial charge on any atom is 0.306 e.